The molecule has 2 aromatic rings. The van der Waals surface area contributed by atoms with Crippen LogP contribution < -0.4 is 21.3 Å². The summed E-state index contributed by atoms with van der Waals surface area (Å²) in [4.78, 5) is 64.4. The highest BCUT2D eigenvalue weighted by Gasteiger charge is 2.31. The van der Waals surface area contributed by atoms with Crippen LogP contribution in [0.5, 0.6) is 0 Å². The number of ether oxygens (including phenoxy) is 3. The van der Waals surface area contributed by atoms with E-state index >= 15 is 0 Å². The quantitative estimate of drug-likeness (QED) is 0.210. The first kappa shape index (κ1) is 35.6. The maximum Gasteiger partial charge on any atom is 0.408 e. The number of hydrogen-bond acceptors (Lipinski definition) is 8. The van der Waals surface area contributed by atoms with Gasteiger partial charge in [0.2, 0.25) is 11.8 Å². The zero-order valence-corrected chi connectivity index (χ0v) is 26.4. The molecule has 0 aliphatic carbocycles. The van der Waals surface area contributed by atoms with E-state index in [1.54, 1.807) is 90.1 Å². The summed E-state index contributed by atoms with van der Waals surface area (Å²) in [6.07, 6.45) is -1.36. The zero-order valence-electron chi connectivity index (χ0n) is 26.4. The maximum atomic E-state index is 13.4. The Bertz CT molecular complexity index is 1260. The van der Waals surface area contributed by atoms with E-state index in [4.69, 9.17) is 14.2 Å². The van der Waals surface area contributed by atoms with E-state index in [2.05, 4.69) is 21.3 Å². The second-order valence-corrected chi connectivity index (χ2v) is 12.1. The molecule has 4 N–H and O–H groups in total. The predicted molar refractivity (Wildman–Crippen MR) is 164 cm³/mol. The van der Waals surface area contributed by atoms with E-state index < -0.39 is 59.3 Å². The first-order chi connectivity index (χ1) is 20.6. The summed E-state index contributed by atoms with van der Waals surface area (Å²) in [5.74, 6) is -2.14. The third kappa shape index (κ3) is 13.6. The lowest BCUT2D eigenvalue weighted by molar-refractivity contribution is -0.145. The molecule has 0 fully saturated rings. The molecule has 0 saturated heterocycles. The monoisotopic (exact) mass is 612 g/mol. The third-order valence-corrected chi connectivity index (χ3v) is 5.86. The lowest BCUT2D eigenvalue weighted by Crippen LogP contribution is -2.57. The number of benzene rings is 2. The molecule has 0 bridgehead atoms. The van der Waals surface area contributed by atoms with Crippen molar-refractivity contribution in [1.82, 2.24) is 21.3 Å². The van der Waals surface area contributed by atoms with Gasteiger partial charge < -0.3 is 35.5 Å². The molecule has 240 valence electrons. The van der Waals surface area contributed by atoms with Crippen LogP contribution in [0.3, 0.4) is 0 Å². The van der Waals surface area contributed by atoms with Gasteiger partial charge in [-0.05, 0) is 52.7 Å². The van der Waals surface area contributed by atoms with Gasteiger partial charge in [-0.2, -0.15) is 0 Å². The molecular weight excluding hydrogens is 568 g/mol. The van der Waals surface area contributed by atoms with Crippen LogP contribution in [0, 0.1) is 0 Å². The predicted octanol–water partition coefficient (Wildman–Crippen LogP) is 3.03. The van der Waals surface area contributed by atoms with E-state index in [0.29, 0.717) is 0 Å². The van der Waals surface area contributed by atoms with Crippen LogP contribution in [0.2, 0.25) is 0 Å². The van der Waals surface area contributed by atoms with Crippen molar-refractivity contribution in [3.8, 4) is 0 Å². The smallest absolute Gasteiger partial charge is 0.408 e. The second kappa shape index (κ2) is 16.3. The number of nitrogens with one attached hydrogen (secondary N) is 4. The minimum Gasteiger partial charge on any atom is -0.467 e. The van der Waals surface area contributed by atoms with E-state index in [0.717, 1.165) is 18.2 Å². The average molecular weight is 613 g/mol. The first-order valence-corrected chi connectivity index (χ1v) is 14.3. The molecular formula is C32H44N4O8. The van der Waals surface area contributed by atoms with Crippen molar-refractivity contribution in [3.63, 3.8) is 0 Å². The third-order valence-electron chi connectivity index (χ3n) is 5.86. The number of alkyl carbamates (subject to hydrolysis) is 2. The van der Waals surface area contributed by atoms with Crippen molar-refractivity contribution in [2.45, 2.75) is 83.7 Å². The number of methoxy groups -OCH3 is 1. The number of hydrogen-bond donors (Lipinski definition) is 4. The van der Waals surface area contributed by atoms with E-state index in [1.165, 1.54) is 0 Å². The van der Waals surface area contributed by atoms with E-state index in [1.807, 2.05) is 12.1 Å². The van der Waals surface area contributed by atoms with Gasteiger partial charge in [-0.1, -0.05) is 60.7 Å². The Hall–Kier alpha value is -4.61. The van der Waals surface area contributed by atoms with Gasteiger partial charge in [-0.15, -0.1) is 0 Å². The fourth-order valence-corrected chi connectivity index (χ4v) is 3.95. The fraction of sp³-hybridized carbons (Fsp3) is 0.469. The summed E-state index contributed by atoms with van der Waals surface area (Å²) < 4.78 is 15.5. The van der Waals surface area contributed by atoms with Crippen molar-refractivity contribution in [3.05, 3.63) is 71.8 Å². The Morgan fingerprint density at radius 3 is 1.41 bits per heavy atom. The van der Waals surface area contributed by atoms with Gasteiger partial charge in [-0.25, -0.2) is 14.4 Å². The molecule has 0 radical (unpaired) electrons. The number of amides is 4. The molecule has 0 heterocycles. The van der Waals surface area contributed by atoms with Crippen molar-refractivity contribution >= 4 is 30.0 Å². The lowest BCUT2D eigenvalue weighted by Gasteiger charge is -2.26. The summed E-state index contributed by atoms with van der Waals surface area (Å²) >= 11 is 0. The van der Waals surface area contributed by atoms with Gasteiger partial charge in [-0.3, -0.25) is 9.59 Å². The van der Waals surface area contributed by atoms with E-state index in [-0.39, 0.29) is 19.4 Å². The minimum absolute atomic E-state index is 0.102. The second-order valence-electron chi connectivity index (χ2n) is 12.1. The Kier molecular flexibility index (Phi) is 13.2. The first-order valence-electron chi connectivity index (χ1n) is 14.3. The minimum atomic E-state index is -1.31. The van der Waals surface area contributed by atoms with Crippen LogP contribution in [-0.4, -0.2) is 73.0 Å². The highest BCUT2D eigenvalue weighted by Crippen LogP contribution is 2.11. The normalized spacial score (nSPS) is 13.3. The topological polar surface area (TPSA) is 161 Å². The van der Waals surface area contributed by atoms with E-state index in [9.17, 15) is 24.0 Å². The standard InChI is InChI=1S/C32H44N4O8/c1-31(2,3)43-29(40)35-23(18-21-14-10-8-11-15-21)26(37)33-20-25(28(39)42-7)34-27(38)24(19-22-16-12-9-13-17-22)36-30(41)44-32(4,5)6/h8-17,23-25H,18-20H2,1-7H3,(H,33,37)(H,34,38)(H,35,40)(H,36,41)/t23-,24-,25+/m1/s1. The summed E-state index contributed by atoms with van der Waals surface area (Å²) in [6, 6.07) is 14.5. The Morgan fingerprint density at radius 2 is 1.02 bits per heavy atom. The van der Waals surface area contributed by atoms with Crippen LogP contribution in [0.4, 0.5) is 9.59 Å². The highest BCUT2D eigenvalue weighted by atomic mass is 16.6. The molecule has 0 spiro atoms. The van der Waals surface area contributed by atoms with Crippen molar-refractivity contribution in [1.29, 1.82) is 0 Å². The largest absolute Gasteiger partial charge is 0.467 e. The molecule has 0 aromatic heterocycles. The SMILES string of the molecule is COC(=O)[C@H](CNC(=O)[C@@H](Cc1ccccc1)NC(=O)OC(C)(C)C)NC(=O)[C@@H](Cc1ccccc1)NC(=O)OC(C)(C)C. The fourth-order valence-electron chi connectivity index (χ4n) is 3.95. The van der Waals surface area contributed by atoms with Crippen molar-refractivity contribution < 1.29 is 38.2 Å². The van der Waals surface area contributed by atoms with Crippen molar-refractivity contribution in [2.75, 3.05) is 13.7 Å². The van der Waals surface area contributed by atoms with Gasteiger partial charge in [0.15, 0.2) is 0 Å². The Morgan fingerprint density at radius 1 is 0.614 bits per heavy atom. The lowest BCUT2D eigenvalue weighted by atomic mass is 10.0. The molecule has 44 heavy (non-hydrogen) atoms. The molecule has 0 aliphatic rings. The van der Waals surface area contributed by atoms with Crippen LogP contribution in [0.1, 0.15) is 52.7 Å². The van der Waals surface area contributed by atoms with Gasteiger partial charge in [0.05, 0.1) is 7.11 Å². The molecule has 2 aromatic carbocycles. The van der Waals surface area contributed by atoms with Gasteiger partial charge in [0, 0.05) is 19.4 Å². The summed E-state index contributed by atoms with van der Waals surface area (Å²) in [7, 11) is 1.14. The van der Waals surface area contributed by atoms with Gasteiger partial charge in [0.25, 0.3) is 0 Å². The summed E-state index contributed by atoms with van der Waals surface area (Å²) in [5, 5.41) is 10.3. The van der Waals surface area contributed by atoms with Gasteiger partial charge >= 0.3 is 18.2 Å². The van der Waals surface area contributed by atoms with Gasteiger partial charge in [0.1, 0.15) is 29.3 Å². The molecule has 12 heteroatoms. The number of rotatable bonds is 12. The Balaban J connectivity index is 2.19. The van der Waals surface area contributed by atoms with Crippen LogP contribution >= 0.6 is 0 Å². The number of esters is 1. The number of carbonyl (C=O) groups excluding carboxylic acids is 5. The molecule has 4 amide bonds. The van der Waals surface area contributed by atoms with Crippen LogP contribution in [0.25, 0.3) is 0 Å². The average Bonchev–Trinajstić information content (AvgIpc) is 2.93. The van der Waals surface area contributed by atoms with Crippen LogP contribution in [0.15, 0.2) is 60.7 Å². The molecule has 0 unspecified atom stereocenters. The summed E-state index contributed by atoms with van der Waals surface area (Å²) in [6.45, 7) is 9.82. The molecule has 3 atom stereocenters. The van der Waals surface area contributed by atoms with Crippen molar-refractivity contribution in [2.24, 2.45) is 0 Å². The highest BCUT2D eigenvalue weighted by molar-refractivity contribution is 5.91. The zero-order chi connectivity index (χ0) is 32.9. The molecule has 0 saturated carbocycles. The molecule has 0 aliphatic heterocycles. The maximum absolute atomic E-state index is 13.4. The molecule has 2 rings (SSSR count). The Labute approximate surface area is 258 Å². The summed E-state index contributed by atoms with van der Waals surface area (Å²) in [5.41, 5.74) is -0.0654. The molecule has 12 nitrogen and oxygen atoms in total. The van der Waals surface area contributed by atoms with Crippen LogP contribution in [-0.2, 0) is 41.4 Å². The number of carbonyl (C=O) groups is 5.